The summed E-state index contributed by atoms with van der Waals surface area (Å²) in [6.45, 7) is 0.782. The molecule has 2 rings (SSSR count). The van der Waals surface area contributed by atoms with E-state index in [1.165, 1.54) is 0 Å². The Bertz CT molecular complexity index is 474. The van der Waals surface area contributed by atoms with Crippen LogP contribution in [0.25, 0.3) is 11.3 Å². The van der Waals surface area contributed by atoms with Crippen molar-refractivity contribution in [2.75, 3.05) is 7.05 Å². The van der Waals surface area contributed by atoms with E-state index in [2.05, 4.69) is 10.4 Å². The molecule has 0 unspecified atom stereocenters. The molecule has 0 saturated heterocycles. The molecule has 0 aliphatic carbocycles. The van der Waals surface area contributed by atoms with Crippen molar-refractivity contribution in [1.29, 1.82) is 0 Å². The zero-order valence-corrected chi connectivity index (χ0v) is 9.44. The predicted molar refractivity (Wildman–Crippen MR) is 63.1 cm³/mol. The first-order valence-corrected chi connectivity index (χ1v) is 5.17. The summed E-state index contributed by atoms with van der Waals surface area (Å²) in [5.41, 5.74) is 3.29. The van der Waals surface area contributed by atoms with E-state index in [0.717, 1.165) is 23.4 Å². The monoisotopic (exact) mass is 217 g/mol. The van der Waals surface area contributed by atoms with E-state index in [1.807, 2.05) is 37.1 Å². The summed E-state index contributed by atoms with van der Waals surface area (Å²) in [5, 5.41) is 16.6. The maximum Gasteiger partial charge on any atom is 0.115 e. The normalized spacial score (nSPS) is 10.6. The van der Waals surface area contributed by atoms with Crippen molar-refractivity contribution in [2.24, 2.45) is 7.05 Å². The Morgan fingerprint density at radius 3 is 2.62 bits per heavy atom. The van der Waals surface area contributed by atoms with Crippen molar-refractivity contribution >= 4 is 0 Å². The lowest BCUT2D eigenvalue weighted by Gasteiger charge is -2.06. The lowest BCUT2D eigenvalue weighted by Crippen LogP contribution is -2.06. The second kappa shape index (κ2) is 4.37. The van der Waals surface area contributed by atoms with Gasteiger partial charge < -0.3 is 10.4 Å². The number of aryl methyl sites for hydroxylation is 1. The van der Waals surface area contributed by atoms with E-state index in [-0.39, 0.29) is 5.75 Å². The molecular formula is C12H15N3O. The van der Waals surface area contributed by atoms with Crippen molar-refractivity contribution in [3.63, 3.8) is 0 Å². The number of hydrogen-bond acceptors (Lipinski definition) is 3. The molecule has 0 saturated carbocycles. The van der Waals surface area contributed by atoms with Crippen molar-refractivity contribution < 1.29 is 5.11 Å². The topological polar surface area (TPSA) is 50.1 Å². The summed E-state index contributed by atoms with van der Waals surface area (Å²) >= 11 is 0. The predicted octanol–water partition coefficient (Wildman–Crippen LogP) is 1.51. The largest absolute Gasteiger partial charge is 0.508 e. The Labute approximate surface area is 94.5 Å². The smallest absolute Gasteiger partial charge is 0.115 e. The summed E-state index contributed by atoms with van der Waals surface area (Å²) in [4.78, 5) is 0. The third kappa shape index (κ3) is 1.92. The quantitative estimate of drug-likeness (QED) is 0.819. The van der Waals surface area contributed by atoms with Crippen LogP contribution < -0.4 is 5.32 Å². The number of aromatic nitrogens is 2. The highest BCUT2D eigenvalue weighted by molar-refractivity contribution is 5.64. The first-order valence-electron chi connectivity index (χ1n) is 5.17. The Hall–Kier alpha value is -1.81. The minimum Gasteiger partial charge on any atom is -0.508 e. The summed E-state index contributed by atoms with van der Waals surface area (Å²) in [6.07, 6.45) is 1.86. The zero-order chi connectivity index (χ0) is 11.5. The fourth-order valence-corrected chi connectivity index (χ4v) is 1.79. The molecule has 0 aliphatic heterocycles. The third-order valence-corrected chi connectivity index (χ3v) is 2.52. The highest BCUT2D eigenvalue weighted by atomic mass is 16.3. The van der Waals surface area contributed by atoms with Gasteiger partial charge in [0.1, 0.15) is 5.75 Å². The fraction of sp³-hybridized carbons (Fsp3) is 0.250. The van der Waals surface area contributed by atoms with Gasteiger partial charge >= 0.3 is 0 Å². The van der Waals surface area contributed by atoms with Crippen molar-refractivity contribution in [2.45, 2.75) is 6.54 Å². The molecule has 4 heteroatoms. The van der Waals surface area contributed by atoms with Gasteiger partial charge in [0.25, 0.3) is 0 Å². The van der Waals surface area contributed by atoms with E-state index >= 15 is 0 Å². The van der Waals surface area contributed by atoms with Crippen LogP contribution in [0.1, 0.15) is 5.56 Å². The van der Waals surface area contributed by atoms with E-state index in [9.17, 15) is 5.11 Å². The molecule has 1 aromatic heterocycles. The van der Waals surface area contributed by atoms with Crippen LogP contribution >= 0.6 is 0 Å². The molecule has 0 bridgehead atoms. The number of phenols is 1. The van der Waals surface area contributed by atoms with Gasteiger partial charge in [-0.25, -0.2) is 0 Å². The number of rotatable bonds is 3. The van der Waals surface area contributed by atoms with E-state index < -0.39 is 0 Å². The molecule has 0 amide bonds. The molecule has 0 radical (unpaired) electrons. The van der Waals surface area contributed by atoms with Gasteiger partial charge in [0.15, 0.2) is 0 Å². The molecule has 0 spiro atoms. The maximum atomic E-state index is 9.26. The van der Waals surface area contributed by atoms with Gasteiger partial charge in [-0.1, -0.05) is 0 Å². The van der Waals surface area contributed by atoms with Crippen molar-refractivity contribution in [3.8, 4) is 17.0 Å². The van der Waals surface area contributed by atoms with Gasteiger partial charge in [-0.05, 0) is 31.3 Å². The molecule has 2 N–H and O–H groups in total. The van der Waals surface area contributed by atoms with Crippen LogP contribution in [-0.4, -0.2) is 21.9 Å². The zero-order valence-electron chi connectivity index (χ0n) is 9.44. The van der Waals surface area contributed by atoms with E-state index in [4.69, 9.17) is 0 Å². The molecule has 84 valence electrons. The molecule has 2 aromatic rings. The Balaban J connectivity index is 2.45. The molecular weight excluding hydrogens is 202 g/mol. The van der Waals surface area contributed by atoms with Gasteiger partial charge in [0, 0.05) is 24.7 Å². The standard InChI is InChI=1S/C12H15N3O/c1-13-7-10-8-14-15(2)12(10)9-3-5-11(16)6-4-9/h3-6,8,13,16H,7H2,1-2H3. The van der Waals surface area contributed by atoms with Crippen molar-refractivity contribution in [3.05, 3.63) is 36.0 Å². The Morgan fingerprint density at radius 2 is 2.00 bits per heavy atom. The van der Waals surface area contributed by atoms with Crippen LogP contribution in [0, 0.1) is 0 Å². The van der Waals surface area contributed by atoms with Gasteiger partial charge in [0.05, 0.1) is 11.9 Å². The maximum absolute atomic E-state index is 9.26. The number of nitrogens with one attached hydrogen (secondary N) is 1. The van der Waals surface area contributed by atoms with Crippen LogP contribution in [0.15, 0.2) is 30.5 Å². The fourth-order valence-electron chi connectivity index (χ4n) is 1.79. The number of hydrogen-bond donors (Lipinski definition) is 2. The average Bonchev–Trinajstić information content (AvgIpc) is 2.62. The summed E-state index contributed by atoms with van der Waals surface area (Å²) in [6, 6.07) is 7.16. The van der Waals surface area contributed by atoms with Gasteiger partial charge in [-0.2, -0.15) is 5.10 Å². The Kier molecular flexibility index (Phi) is 2.92. The lowest BCUT2D eigenvalue weighted by molar-refractivity contribution is 0.475. The number of aromatic hydroxyl groups is 1. The molecule has 0 aliphatic rings. The van der Waals surface area contributed by atoms with Crippen LogP contribution in [0.5, 0.6) is 5.75 Å². The molecule has 4 nitrogen and oxygen atoms in total. The van der Waals surface area contributed by atoms with Gasteiger partial charge in [-0.3, -0.25) is 4.68 Å². The van der Waals surface area contributed by atoms with Crippen molar-refractivity contribution in [1.82, 2.24) is 15.1 Å². The lowest BCUT2D eigenvalue weighted by atomic mass is 10.1. The number of nitrogens with zero attached hydrogens (tertiary/aromatic N) is 2. The second-order valence-corrected chi connectivity index (χ2v) is 3.72. The van der Waals surface area contributed by atoms with E-state index in [0.29, 0.717) is 0 Å². The third-order valence-electron chi connectivity index (χ3n) is 2.52. The Morgan fingerprint density at radius 1 is 1.31 bits per heavy atom. The molecule has 0 fully saturated rings. The van der Waals surface area contributed by atoms with Gasteiger partial charge in [0.2, 0.25) is 0 Å². The second-order valence-electron chi connectivity index (χ2n) is 3.72. The van der Waals surface area contributed by atoms with Crippen LogP contribution in [0.3, 0.4) is 0 Å². The highest BCUT2D eigenvalue weighted by Gasteiger charge is 2.09. The molecule has 0 atom stereocenters. The summed E-state index contributed by atoms with van der Waals surface area (Å²) in [5.74, 6) is 0.279. The molecule has 1 aromatic carbocycles. The van der Waals surface area contributed by atoms with Crippen LogP contribution in [-0.2, 0) is 13.6 Å². The van der Waals surface area contributed by atoms with Gasteiger partial charge in [-0.15, -0.1) is 0 Å². The van der Waals surface area contributed by atoms with Crippen LogP contribution in [0.4, 0.5) is 0 Å². The number of phenolic OH excluding ortho intramolecular Hbond substituents is 1. The SMILES string of the molecule is CNCc1cnn(C)c1-c1ccc(O)cc1. The average molecular weight is 217 g/mol. The first-order chi connectivity index (χ1) is 7.72. The summed E-state index contributed by atoms with van der Waals surface area (Å²) in [7, 11) is 3.83. The first kappa shape index (κ1) is 10.7. The highest BCUT2D eigenvalue weighted by Crippen LogP contribution is 2.24. The number of benzene rings is 1. The minimum absolute atomic E-state index is 0.279. The van der Waals surface area contributed by atoms with E-state index in [1.54, 1.807) is 12.1 Å². The molecule has 1 heterocycles. The molecule has 16 heavy (non-hydrogen) atoms. The summed E-state index contributed by atoms with van der Waals surface area (Å²) < 4.78 is 1.85. The van der Waals surface area contributed by atoms with Crippen LogP contribution in [0.2, 0.25) is 0 Å². The minimum atomic E-state index is 0.279.